The molecule has 0 aliphatic carbocycles. The molecule has 1 N–H and O–H groups in total. The number of aromatic nitrogens is 2. The van der Waals surface area contributed by atoms with Crippen LogP contribution in [0.4, 0.5) is 0 Å². The number of aryl methyl sites for hydroxylation is 2. The van der Waals surface area contributed by atoms with E-state index in [1.165, 1.54) is 7.11 Å². The second-order valence-electron chi connectivity index (χ2n) is 4.92. The third-order valence-corrected chi connectivity index (χ3v) is 3.25. The largest absolute Gasteiger partial charge is 0.467 e. The van der Waals surface area contributed by atoms with Crippen molar-refractivity contribution in [1.82, 2.24) is 14.9 Å². The quantitative estimate of drug-likeness (QED) is 0.794. The summed E-state index contributed by atoms with van der Waals surface area (Å²) in [7, 11) is 3.17. The van der Waals surface area contributed by atoms with Crippen LogP contribution in [0.15, 0.2) is 18.2 Å². The number of nitrogens with zero attached hydrogens (tertiary/aromatic N) is 2. The summed E-state index contributed by atoms with van der Waals surface area (Å²) in [6.07, 6.45) is 0. The van der Waals surface area contributed by atoms with Gasteiger partial charge in [-0.3, -0.25) is 4.79 Å². The lowest BCUT2D eigenvalue weighted by molar-refractivity contribution is -0.147. The fourth-order valence-corrected chi connectivity index (χ4v) is 2.03. The van der Waals surface area contributed by atoms with Crippen molar-refractivity contribution in [3.63, 3.8) is 0 Å². The summed E-state index contributed by atoms with van der Waals surface area (Å²) >= 11 is 0. The van der Waals surface area contributed by atoms with Crippen LogP contribution >= 0.6 is 0 Å². The van der Waals surface area contributed by atoms with Gasteiger partial charge < -0.3 is 19.4 Å². The Morgan fingerprint density at radius 3 is 2.82 bits per heavy atom. The number of amides is 1. The van der Waals surface area contributed by atoms with Gasteiger partial charge in [0.05, 0.1) is 24.7 Å². The maximum absolute atomic E-state index is 11.6. The van der Waals surface area contributed by atoms with E-state index in [0.29, 0.717) is 6.54 Å². The van der Waals surface area contributed by atoms with Crippen molar-refractivity contribution < 1.29 is 19.1 Å². The number of nitrogens with one attached hydrogen (secondary N) is 1. The van der Waals surface area contributed by atoms with Gasteiger partial charge in [0.1, 0.15) is 19.0 Å². The number of imidazole rings is 1. The molecule has 7 nitrogen and oxygen atoms in total. The molecule has 1 aromatic carbocycles. The lowest BCUT2D eigenvalue weighted by Crippen LogP contribution is -2.29. The van der Waals surface area contributed by atoms with Crippen molar-refractivity contribution in [1.29, 1.82) is 0 Å². The van der Waals surface area contributed by atoms with Crippen molar-refractivity contribution in [2.75, 3.05) is 20.3 Å². The van der Waals surface area contributed by atoms with E-state index in [9.17, 15) is 9.59 Å². The van der Waals surface area contributed by atoms with E-state index < -0.39 is 5.97 Å². The number of fused-ring (bicyclic) bond motifs is 1. The van der Waals surface area contributed by atoms with Gasteiger partial charge in [0.2, 0.25) is 5.91 Å². The first-order valence-electron chi connectivity index (χ1n) is 6.84. The van der Waals surface area contributed by atoms with Gasteiger partial charge >= 0.3 is 5.97 Å². The number of rotatable bonds is 6. The minimum absolute atomic E-state index is 0.196. The average molecular weight is 305 g/mol. The third kappa shape index (κ3) is 3.82. The smallest absolute Gasteiger partial charge is 0.331 e. The van der Waals surface area contributed by atoms with Crippen LogP contribution in [0.1, 0.15) is 11.4 Å². The molecule has 7 heteroatoms. The minimum Gasteiger partial charge on any atom is -0.467 e. The van der Waals surface area contributed by atoms with E-state index in [2.05, 4.69) is 15.0 Å². The number of hydrogen-bond acceptors (Lipinski definition) is 5. The van der Waals surface area contributed by atoms with E-state index in [1.807, 2.05) is 36.7 Å². The molecule has 2 aromatic rings. The molecule has 1 amide bonds. The molecule has 118 valence electrons. The first-order chi connectivity index (χ1) is 10.5. The Labute approximate surface area is 128 Å². The lowest BCUT2D eigenvalue weighted by atomic mass is 10.2. The molecule has 0 saturated carbocycles. The Morgan fingerprint density at radius 2 is 2.09 bits per heavy atom. The molecule has 22 heavy (non-hydrogen) atoms. The summed E-state index contributed by atoms with van der Waals surface area (Å²) in [6.45, 7) is 1.87. The van der Waals surface area contributed by atoms with Gasteiger partial charge in [0, 0.05) is 7.05 Å². The van der Waals surface area contributed by atoms with Crippen molar-refractivity contribution in [3.05, 3.63) is 29.6 Å². The molecular weight excluding hydrogens is 286 g/mol. The van der Waals surface area contributed by atoms with E-state index in [1.54, 1.807) is 0 Å². The molecule has 0 aliphatic heterocycles. The van der Waals surface area contributed by atoms with Crippen molar-refractivity contribution in [3.8, 4) is 0 Å². The molecule has 0 spiro atoms. The Kier molecular flexibility index (Phi) is 5.11. The minimum atomic E-state index is -0.515. The van der Waals surface area contributed by atoms with Crippen molar-refractivity contribution in [2.45, 2.75) is 13.5 Å². The van der Waals surface area contributed by atoms with Crippen LogP contribution in [0.2, 0.25) is 0 Å². The molecule has 2 rings (SSSR count). The van der Waals surface area contributed by atoms with Gasteiger partial charge in [0.25, 0.3) is 0 Å². The highest BCUT2D eigenvalue weighted by molar-refractivity contribution is 5.79. The normalized spacial score (nSPS) is 10.7. The number of methoxy groups -OCH3 is 1. The standard InChI is InChI=1S/C15H19N3O4/c1-10-4-5-12-11(6-10)17-13(18(12)2)7-16-14(19)8-22-9-15(20)21-3/h4-6H,7-9H2,1-3H3,(H,16,19). The van der Waals surface area contributed by atoms with Crippen LogP contribution in [-0.4, -0.2) is 41.8 Å². The summed E-state index contributed by atoms with van der Waals surface area (Å²) in [5.74, 6) is -0.0763. The van der Waals surface area contributed by atoms with Gasteiger partial charge in [-0.25, -0.2) is 9.78 Å². The Hall–Kier alpha value is -2.41. The Balaban J connectivity index is 1.90. The van der Waals surface area contributed by atoms with Gasteiger partial charge in [-0.15, -0.1) is 0 Å². The first-order valence-corrected chi connectivity index (χ1v) is 6.84. The molecule has 1 aromatic heterocycles. The van der Waals surface area contributed by atoms with Crippen LogP contribution in [-0.2, 0) is 32.7 Å². The first kappa shape index (κ1) is 16.0. The zero-order chi connectivity index (χ0) is 16.1. The molecule has 0 fully saturated rings. The number of benzene rings is 1. The molecule has 0 aliphatic rings. The average Bonchev–Trinajstić information content (AvgIpc) is 2.80. The number of esters is 1. The van der Waals surface area contributed by atoms with Gasteiger partial charge in [-0.2, -0.15) is 0 Å². The molecule has 0 atom stereocenters. The molecule has 0 bridgehead atoms. The van der Waals surface area contributed by atoms with Crippen molar-refractivity contribution >= 4 is 22.9 Å². The fourth-order valence-electron chi connectivity index (χ4n) is 2.03. The summed E-state index contributed by atoms with van der Waals surface area (Å²) in [5, 5.41) is 2.71. The maximum Gasteiger partial charge on any atom is 0.331 e. The summed E-state index contributed by atoms with van der Waals surface area (Å²) in [5.41, 5.74) is 3.04. The summed E-state index contributed by atoms with van der Waals surface area (Å²) in [4.78, 5) is 27.0. The number of ether oxygens (including phenoxy) is 2. The van der Waals surface area contributed by atoms with Crippen LogP contribution in [0.5, 0.6) is 0 Å². The molecule has 0 radical (unpaired) electrons. The van der Waals surface area contributed by atoms with E-state index in [-0.39, 0.29) is 19.1 Å². The number of carbonyl (C=O) groups excluding carboxylic acids is 2. The highest BCUT2D eigenvalue weighted by Gasteiger charge is 2.10. The molecular formula is C15H19N3O4. The van der Waals surface area contributed by atoms with Crippen LogP contribution < -0.4 is 5.32 Å². The van der Waals surface area contributed by atoms with Crippen LogP contribution in [0.25, 0.3) is 11.0 Å². The summed E-state index contributed by atoms with van der Waals surface area (Å²) < 4.78 is 11.3. The molecule has 0 saturated heterocycles. The molecule has 1 heterocycles. The Bertz CT molecular complexity index is 693. The Morgan fingerprint density at radius 1 is 1.32 bits per heavy atom. The third-order valence-electron chi connectivity index (χ3n) is 3.25. The zero-order valence-electron chi connectivity index (χ0n) is 12.9. The van der Waals surface area contributed by atoms with Gasteiger partial charge in [-0.1, -0.05) is 6.07 Å². The zero-order valence-corrected chi connectivity index (χ0v) is 12.9. The van der Waals surface area contributed by atoms with Crippen LogP contribution in [0, 0.1) is 6.92 Å². The van der Waals surface area contributed by atoms with Gasteiger partial charge in [0.15, 0.2) is 0 Å². The second kappa shape index (κ2) is 7.04. The predicted octanol–water partition coefficient (Wildman–Crippen LogP) is 0.688. The van der Waals surface area contributed by atoms with E-state index in [4.69, 9.17) is 4.74 Å². The van der Waals surface area contributed by atoms with E-state index >= 15 is 0 Å². The number of carbonyl (C=O) groups is 2. The van der Waals surface area contributed by atoms with Gasteiger partial charge in [-0.05, 0) is 24.6 Å². The SMILES string of the molecule is COC(=O)COCC(=O)NCc1nc2cc(C)ccc2n1C. The summed E-state index contributed by atoms with van der Waals surface area (Å²) in [6, 6.07) is 6.02. The maximum atomic E-state index is 11.6. The molecule has 0 unspecified atom stereocenters. The van der Waals surface area contributed by atoms with Crippen molar-refractivity contribution in [2.24, 2.45) is 7.05 Å². The van der Waals surface area contributed by atoms with Crippen LogP contribution in [0.3, 0.4) is 0 Å². The highest BCUT2D eigenvalue weighted by atomic mass is 16.6. The van der Waals surface area contributed by atoms with E-state index in [0.717, 1.165) is 22.4 Å². The number of hydrogen-bond donors (Lipinski definition) is 1. The monoisotopic (exact) mass is 305 g/mol. The topological polar surface area (TPSA) is 82.4 Å². The highest BCUT2D eigenvalue weighted by Crippen LogP contribution is 2.16. The predicted molar refractivity (Wildman–Crippen MR) is 80.1 cm³/mol. The lowest BCUT2D eigenvalue weighted by Gasteiger charge is -2.06. The second-order valence-corrected chi connectivity index (χ2v) is 4.92. The fraction of sp³-hybridized carbons (Fsp3) is 0.400.